The first-order chi connectivity index (χ1) is 8.00. The van der Waals surface area contributed by atoms with Crippen molar-refractivity contribution in [1.29, 1.82) is 0 Å². The van der Waals surface area contributed by atoms with Crippen LogP contribution in [0, 0.1) is 0 Å². The Hall–Kier alpha value is -1.62. The normalized spacial score (nSPS) is 10.9. The molecule has 1 rings (SSSR count). The van der Waals surface area contributed by atoms with Crippen LogP contribution in [0.15, 0.2) is 18.3 Å². The molecular weight excluding hydrogens is 218 g/mol. The monoisotopic (exact) mass is 237 g/mol. The smallest absolute Gasteiger partial charge is 0.354 e. The number of nitrogens with one attached hydrogen (secondary N) is 1. The van der Waals surface area contributed by atoms with Gasteiger partial charge in [-0.15, -0.1) is 0 Å². The van der Waals surface area contributed by atoms with Gasteiger partial charge in [-0.3, -0.25) is 0 Å². The second kappa shape index (κ2) is 6.20. The highest BCUT2D eigenvalue weighted by atomic mass is 16.4. The maximum Gasteiger partial charge on any atom is 0.354 e. The highest BCUT2D eigenvalue weighted by Crippen LogP contribution is 2.07. The Bertz CT molecular complexity index is 380. The van der Waals surface area contributed by atoms with E-state index in [0.29, 0.717) is 6.04 Å². The molecule has 5 heteroatoms. The van der Waals surface area contributed by atoms with Crippen molar-refractivity contribution in [3.05, 3.63) is 24.0 Å². The first-order valence-corrected chi connectivity index (χ1v) is 5.64. The third-order valence-electron chi connectivity index (χ3n) is 2.65. The van der Waals surface area contributed by atoms with Gasteiger partial charge in [0, 0.05) is 31.0 Å². The lowest BCUT2D eigenvalue weighted by atomic mass is 10.3. The van der Waals surface area contributed by atoms with Crippen LogP contribution in [0.5, 0.6) is 0 Å². The summed E-state index contributed by atoms with van der Waals surface area (Å²) in [6.45, 7) is 5.95. The molecule has 0 saturated carbocycles. The summed E-state index contributed by atoms with van der Waals surface area (Å²) in [4.78, 5) is 16.7. The third-order valence-corrected chi connectivity index (χ3v) is 2.65. The second-order valence-electron chi connectivity index (χ2n) is 4.24. The number of carboxylic acids is 1. The maximum absolute atomic E-state index is 10.7. The molecule has 0 fully saturated rings. The lowest BCUT2D eigenvalue weighted by Crippen LogP contribution is -2.31. The molecule has 0 aromatic carbocycles. The zero-order chi connectivity index (χ0) is 12.8. The number of hydrogen-bond acceptors (Lipinski definition) is 4. The van der Waals surface area contributed by atoms with Gasteiger partial charge < -0.3 is 15.3 Å². The number of hydrogen-bond donors (Lipinski definition) is 2. The van der Waals surface area contributed by atoms with Crippen LogP contribution in [-0.2, 0) is 0 Å². The lowest BCUT2D eigenvalue weighted by molar-refractivity contribution is 0.0690. The van der Waals surface area contributed by atoms with E-state index in [1.165, 1.54) is 12.3 Å². The molecular formula is C12H19N3O2. The molecule has 0 unspecified atom stereocenters. The van der Waals surface area contributed by atoms with Crippen molar-refractivity contribution in [2.75, 3.05) is 25.5 Å². The van der Waals surface area contributed by atoms with Crippen molar-refractivity contribution in [2.45, 2.75) is 19.9 Å². The largest absolute Gasteiger partial charge is 0.477 e. The number of aromatic carboxylic acids is 1. The average molecular weight is 237 g/mol. The highest BCUT2D eigenvalue weighted by Gasteiger charge is 2.05. The summed E-state index contributed by atoms with van der Waals surface area (Å²) in [5.41, 5.74) is 0.849. The van der Waals surface area contributed by atoms with Gasteiger partial charge in [-0.25, -0.2) is 9.78 Å². The Balaban J connectivity index is 2.47. The van der Waals surface area contributed by atoms with E-state index >= 15 is 0 Å². The summed E-state index contributed by atoms with van der Waals surface area (Å²) in [6, 6.07) is 3.81. The Kier molecular flexibility index (Phi) is 4.90. The van der Waals surface area contributed by atoms with Gasteiger partial charge in [-0.1, -0.05) is 0 Å². The zero-order valence-corrected chi connectivity index (χ0v) is 10.5. The minimum Gasteiger partial charge on any atom is -0.477 e. The summed E-state index contributed by atoms with van der Waals surface area (Å²) in [6.07, 6.45) is 1.50. The van der Waals surface area contributed by atoms with Gasteiger partial charge in [0.2, 0.25) is 0 Å². The quantitative estimate of drug-likeness (QED) is 0.785. The molecule has 94 valence electrons. The van der Waals surface area contributed by atoms with Crippen LogP contribution in [0.2, 0.25) is 0 Å². The molecule has 1 aromatic rings. The molecule has 1 aromatic heterocycles. The van der Waals surface area contributed by atoms with E-state index in [1.54, 1.807) is 6.07 Å². The van der Waals surface area contributed by atoms with E-state index < -0.39 is 5.97 Å². The van der Waals surface area contributed by atoms with Crippen LogP contribution < -0.4 is 5.32 Å². The fourth-order valence-corrected chi connectivity index (χ4v) is 1.29. The van der Waals surface area contributed by atoms with Gasteiger partial charge in [-0.05, 0) is 33.0 Å². The zero-order valence-electron chi connectivity index (χ0n) is 10.5. The van der Waals surface area contributed by atoms with Gasteiger partial charge in [0.1, 0.15) is 5.69 Å². The van der Waals surface area contributed by atoms with Crippen LogP contribution in [-0.4, -0.2) is 47.1 Å². The predicted octanol–water partition coefficient (Wildman–Crippen LogP) is 1.53. The molecule has 0 spiro atoms. The van der Waals surface area contributed by atoms with E-state index in [0.717, 1.165) is 18.8 Å². The molecule has 5 nitrogen and oxygen atoms in total. The number of rotatable bonds is 6. The molecule has 0 aliphatic heterocycles. The molecule has 0 aliphatic carbocycles. The summed E-state index contributed by atoms with van der Waals surface area (Å²) in [5.74, 6) is -1.01. The molecule has 0 bridgehead atoms. The SMILES string of the molecule is CC(C)N(C)CCNc1ccnc(C(=O)O)c1. The maximum atomic E-state index is 10.7. The van der Waals surface area contributed by atoms with Crippen molar-refractivity contribution in [1.82, 2.24) is 9.88 Å². The number of anilines is 1. The molecule has 2 N–H and O–H groups in total. The van der Waals surface area contributed by atoms with Gasteiger partial charge in [0.05, 0.1) is 0 Å². The first kappa shape index (κ1) is 13.4. The number of nitrogens with zero attached hydrogens (tertiary/aromatic N) is 2. The van der Waals surface area contributed by atoms with Crippen molar-refractivity contribution in [2.24, 2.45) is 0 Å². The average Bonchev–Trinajstić information content (AvgIpc) is 2.29. The molecule has 0 atom stereocenters. The van der Waals surface area contributed by atoms with E-state index in [-0.39, 0.29) is 5.69 Å². The minimum absolute atomic E-state index is 0.0622. The van der Waals surface area contributed by atoms with Crippen LogP contribution in [0.25, 0.3) is 0 Å². The number of carbonyl (C=O) groups is 1. The third kappa shape index (κ3) is 4.40. The fraction of sp³-hybridized carbons (Fsp3) is 0.500. The van der Waals surface area contributed by atoms with E-state index in [4.69, 9.17) is 5.11 Å². The number of likely N-dealkylation sites (N-methyl/N-ethyl adjacent to an activating group) is 1. The Morgan fingerprint density at radius 3 is 2.88 bits per heavy atom. The van der Waals surface area contributed by atoms with Crippen molar-refractivity contribution < 1.29 is 9.90 Å². The second-order valence-corrected chi connectivity index (χ2v) is 4.24. The van der Waals surface area contributed by atoms with E-state index in [2.05, 4.69) is 36.1 Å². The number of carboxylic acid groups (broad SMARTS) is 1. The highest BCUT2D eigenvalue weighted by molar-refractivity contribution is 5.86. The Labute approximate surface area is 101 Å². The number of aromatic nitrogens is 1. The van der Waals surface area contributed by atoms with Crippen molar-refractivity contribution >= 4 is 11.7 Å². The molecule has 17 heavy (non-hydrogen) atoms. The van der Waals surface area contributed by atoms with E-state index in [9.17, 15) is 4.79 Å². The minimum atomic E-state index is -1.01. The van der Waals surface area contributed by atoms with Gasteiger partial charge in [0.25, 0.3) is 0 Å². The van der Waals surface area contributed by atoms with Gasteiger partial charge >= 0.3 is 5.97 Å². The first-order valence-electron chi connectivity index (χ1n) is 5.64. The molecule has 0 saturated heterocycles. The topological polar surface area (TPSA) is 65.5 Å². The molecule has 0 radical (unpaired) electrons. The van der Waals surface area contributed by atoms with Crippen LogP contribution >= 0.6 is 0 Å². The molecule has 1 heterocycles. The molecule has 0 aliphatic rings. The summed E-state index contributed by atoms with van der Waals surface area (Å²) in [5, 5.41) is 12.0. The lowest BCUT2D eigenvalue weighted by Gasteiger charge is -2.21. The summed E-state index contributed by atoms with van der Waals surface area (Å²) in [7, 11) is 2.06. The molecule has 0 amide bonds. The van der Waals surface area contributed by atoms with Crippen LogP contribution in [0.4, 0.5) is 5.69 Å². The van der Waals surface area contributed by atoms with Crippen LogP contribution in [0.3, 0.4) is 0 Å². The van der Waals surface area contributed by atoms with Gasteiger partial charge in [-0.2, -0.15) is 0 Å². The predicted molar refractivity (Wildman–Crippen MR) is 67.5 cm³/mol. The summed E-state index contributed by atoms with van der Waals surface area (Å²) >= 11 is 0. The van der Waals surface area contributed by atoms with Crippen molar-refractivity contribution in [3.8, 4) is 0 Å². The Morgan fingerprint density at radius 2 is 2.29 bits per heavy atom. The van der Waals surface area contributed by atoms with Gasteiger partial charge in [0.15, 0.2) is 0 Å². The van der Waals surface area contributed by atoms with E-state index in [1.807, 2.05) is 0 Å². The fourth-order valence-electron chi connectivity index (χ4n) is 1.29. The Morgan fingerprint density at radius 1 is 1.59 bits per heavy atom. The summed E-state index contributed by atoms with van der Waals surface area (Å²) < 4.78 is 0. The number of pyridine rings is 1. The van der Waals surface area contributed by atoms with Crippen molar-refractivity contribution in [3.63, 3.8) is 0 Å². The van der Waals surface area contributed by atoms with Crippen LogP contribution in [0.1, 0.15) is 24.3 Å². The standard InChI is InChI=1S/C12H19N3O2/c1-9(2)15(3)7-6-13-10-4-5-14-11(8-10)12(16)17/h4-5,8-9H,6-7H2,1-3H3,(H,13,14)(H,16,17).